The van der Waals surface area contributed by atoms with Gasteiger partial charge in [0.25, 0.3) is 0 Å². The van der Waals surface area contributed by atoms with Gasteiger partial charge in [-0.2, -0.15) is 0 Å². The third kappa shape index (κ3) is 7.83. The van der Waals surface area contributed by atoms with Crippen LogP contribution in [0.15, 0.2) is 12.4 Å². The zero-order valence-electron chi connectivity index (χ0n) is 20.4. The van der Waals surface area contributed by atoms with E-state index in [-0.39, 0.29) is 35.0 Å². The summed E-state index contributed by atoms with van der Waals surface area (Å²) in [5.74, 6) is -1.83. The molecule has 1 aromatic heterocycles. The van der Waals surface area contributed by atoms with Crippen molar-refractivity contribution < 1.29 is 14.0 Å². The molecule has 7 nitrogen and oxygen atoms in total. The molecular formula is C24H35Cl3FN5O2. The fraction of sp³-hybridized carbons (Fsp3) is 0.667. The molecule has 0 saturated heterocycles. The zero-order valence-corrected chi connectivity index (χ0v) is 22.7. The van der Waals surface area contributed by atoms with Crippen molar-refractivity contribution in [1.29, 1.82) is 5.41 Å². The second-order valence-electron chi connectivity index (χ2n) is 9.53. The van der Waals surface area contributed by atoms with Gasteiger partial charge in [-0.05, 0) is 44.4 Å². The predicted octanol–water partition coefficient (Wildman–Crippen LogP) is 5.21. The van der Waals surface area contributed by atoms with Gasteiger partial charge < -0.3 is 16.0 Å². The highest BCUT2D eigenvalue weighted by molar-refractivity contribution is 6.39. The number of hydrogen-bond donors (Lipinski definition) is 3. The Labute approximate surface area is 221 Å². The van der Waals surface area contributed by atoms with Crippen LogP contribution in [0.3, 0.4) is 0 Å². The minimum absolute atomic E-state index is 0.00257. The van der Waals surface area contributed by atoms with Crippen molar-refractivity contribution in [2.45, 2.75) is 76.1 Å². The second-order valence-corrected chi connectivity index (χ2v) is 10.8. The van der Waals surface area contributed by atoms with Gasteiger partial charge in [0.05, 0.1) is 34.4 Å². The quantitative estimate of drug-likeness (QED) is 0.109. The summed E-state index contributed by atoms with van der Waals surface area (Å²) in [5.41, 5.74) is 2.98. The highest BCUT2D eigenvalue weighted by atomic mass is 35.5. The Morgan fingerprint density at radius 1 is 1.31 bits per heavy atom. The molecule has 35 heavy (non-hydrogen) atoms. The lowest BCUT2D eigenvalue weighted by Crippen LogP contribution is -2.61. The number of ketones is 1. The molecule has 1 aromatic rings. The average molecular weight is 551 g/mol. The highest BCUT2D eigenvalue weighted by Crippen LogP contribution is 2.31. The van der Waals surface area contributed by atoms with Crippen LogP contribution in [-0.4, -0.2) is 57.7 Å². The van der Waals surface area contributed by atoms with Crippen LogP contribution in [-0.2, 0) is 4.79 Å². The van der Waals surface area contributed by atoms with Crippen LogP contribution in [0.25, 0.3) is 0 Å². The van der Waals surface area contributed by atoms with E-state index in [4.69, 9.17) is 45.9 Å². The van der Waals surface area contributed by atoms with Crippen molar-refractivity contribution in [3.05, 3.63) is 28.0 Å². The average Bonchev–Trinajstić information content (AvgIpc) is 2.80. The summed E-state index contributed by atoms with van der Waals surface area (Å²) in [7, 11) is 0. The number of halogens is 4. The highest BCUT2D eigenvalue weighted by Gasteiger charge is 2.39. The molecule has 2 unspecified atom stereocenters. The third-order valence-corrected chi connectivity index (χ3v) is 7.85. The first kappa shape index (κ1) is 29.9. The third-order valence-electron chi connectivity index (χ3n) is 6.89. The normalized spacial score (nSPS) is 22.3. The maximum Gasteiger partial charge on any atom is 0.234 e. The molecule has 2 atom stereocenters. The van der Waals surface area contributed by atoms with E-state index in [1.807, 2.05) is 0 Å². The Bertz CT molecular complexity index is 887. The molecule has 1 aliphatic carbocycles. The van der Waals surface area contributed by atoms with E-state index < -0.39 is 41.0 Å². The molecule has 4 N–H and O–H groups in total. The van der Waals surface area contributed by atoms with Crippen LogP contribution < -0.4 is 11.1 Å². The number of aromatic nitrogens is 1. The van der Waals surface area contributed by atoms with Gasteiger partial charge in [0.1, 0.15) is 17.1 Å². The number of nitrogens with zero attached hydrogens (tertiary/aromatic N) is 2. The number of carbonyl (C=O) groups is 2. The summed E-state index contributed by atoms with van der Waals surface area (Å²) < 4.78 is 15.4. The van der Waals surface area contributed by atoms with Crippen LogP contribution in [0.1, 0.15) is 69.7 Å². The molecule has 1 aliphatic rings. The van der Waals surface area contributed by atoms with Crippen LogP contribution in [0, 0.1) is 17.2 Å². The largest absolute Gasteiger partial charge is 0.331 e. The fourth-order valence-corrected chi connectivity index (χ4v) is 5.21. The number of rotatable bonds is 12. The van der Waals surface area contributed by atoms with E-state index in [1.165, 1.54) is 12.4 Å². The fourth-order valence-electron chi connectivity index (χ4n) is 4.24. The lowest BCUT2D eigenvalue weighted by Gasteiger charge is -2.40. The molecule has 11 heteroatoms. The number of amides is 1. The van der Waals surface area contributed by atoms with Gasteiger partial charge in [0.2, 0.25) is 5.91 Å². The number of Topliss-reactive ketones (excluding diaryl/α,β-unsaturated/α-hetero) is 1. The van der Waals surface area contributed by atoms with Crippen molar-refractivity contribution in [2.75, 3.05) is 13.1 Å². The van der Waals surface area contributed by atoms with Crippen molar-refractivity contribution in [3.8, 4) is 0 Å². The summed E-state index contributed by atoms with van der Waals surface area (Å²) in [6, 6.07) is 0. The van der Waals surface area contributed by atoms with Crippen LogP contribution >= 0.6 is 34.8 Å². The molecule has 1 saturated carbocycles. The van der Waals surface area contributed by atoms with Crippen LogP contribution in [0.5, 0.6) is 0 Å². The molecule has 1 amide bonds. The van der Waals surface area contributed by atoms with E-state index in [0.29, 0.717) is 18.8 Å². The number of nitrogens with one attached hydrogen (secondary N) is 2. The van der Waals surface area contributed by atoms with E-state index in [0.717, 1.165) is 24.0 Å². The molecule has 0 aliphatic heterocycles. The lowest BCUT2D eigenvalue weighted by molar-refractivity contribution is -0.135. The van der Waals surface area contributed by atoms with Crippen molar-refractivity contribution >= 4 is 52.7 Å². The van der Waals surface area contributed by atoms with Gasteiger partial charge in [-0.15, -0.1) is 11.6 Å². The minimum Gasteiger partial charge on any atom is -0.331 e. The molecule has 1 fully saturated rings. The first-order valence-corrected chi connectivity index (χ1v) is 13.1. The first-order chi connectivity index (χ1) is 16.4. The summed E-state index contributed by atoms with van der Waals surface area (Å²) in [5, 5.41) is 11.1. The first-order valence-electron chi connectivity index (χ1n) is 11.9. The van der Waals surface area contributed by atoms with Gasteiger partial charge in [-0.1, -0.05) is 44.0 Å². The molecule has 0 aromatic carbocycles. The maximum absolute atomic E-state index is 15.4. The Hall–Kier alpha value is -1.32. The Morgan fingerprint density at radius 3 is 2.34 bits per heavy atom. The van der Waals surface area contributed by atoms with Crippen LogP contribution in [0.4, 0.5) is 4.39 Å². The van der Waals surface area contributed by atoms with Crippen molar-refractivity contribution in [1.82, 2.24) is 15.2 Å². The smallest absolute Gasteiger partial charge is 0.234 e. The predicted molar refractivity (Wildman–Crippen MR) is 139 cm³/mol. The van der Waals surface area contributed by atoms with Crippen LogP contribution in [0.2, 0.25) is 10.0 Å². The second kappa shape index (κ2) is 12.8. The number of pyridine rings is 1. The molecule has 2 rings (SSSR count). The Balaban J connectivity index is 2.30. The standard InChI is InChI=1S/C24H35Cl3FN5O2/c1-4-23(28,5-2)14-33(13-19(34)20-17(25)11-31-12-18(20)26)22(35)16(10-29)21(27)32-24(30)8-6-15(3)7-9-24/h10-12,15-16,21,29,32H,4-9,13-14,30H2,1-3H3. The molecule has 0 radical (unpaired) electrons. The zero-order chi connectivity index (χ0) is 26.4. The van der Waals surface area contributed by atoms with Gasteiger partial charge in [0, 0.05) is 18.6 Å². The summed E-state index contributed by atoms with van der Waals surface area (Å²) in [6.07, 6.45) is 6.92. The number of carbonyl (C=O) groups excluding carboxylic acids is 2. The molecular weight excluding hydrogens is 516 g/mol. The van der Waals surface area contributed by atoms with Gasteiger partial charge in [-0.25, -0.2) is 4.39 Å². The SMILES string of the molecule is CCC(F)(CC)CN(CC(=O)c1c(Cl)cncc1Cl)C(=O)C(C=N)C(Cl)NC1(N)CCC(C)CC1. The number of alkyl halides is 2. The van der Waals surface area contributed by atoms with E-state index in [9.17, 15) is 9.59 Å². The van der Waals surface area contributed by atoms with Gasteiger partial charge in [0.15, 0.2) is 5.78 Å². The van der Waals surface area contributed by atoms with Gasteiger partial charge in [-0.3, -0.25) is 19.9 Å². The monoisotopic (exact) mass is 549 g/mol. The molecule has 1 heterocycles. The van der Waals surface area contributed by atoms with E-state index in [2.05, 4.69) is 17.2 Å². The van der Waals surface area contributed by atoms with Gasteiger partial charge >= 0.3 is 0 Å². The Kier molecular flexibility index (Phi) is 10.9. The van der Waals surface area contributed by atoms with Crippen molar-refractivity contribution in [3.63, 3.8) is 0 Å². The molecule has 0 spiro atoms. The van der Waals surface area contributed by atoms with Crippen molar-refractivity contribution in [2.24, 2.45) is 17.6 Å². The summed E-state index contributed by atoms with van der Waals surface area (Å²) in [6.45, 7) is 4.68. The number of hydrogen-bond acceptors (Lipinski definition) is 6. The van der Waals surface area contributed by atoms with E-state index in [1.54, 1.807) is 13.8 Å². The minimum atomic E-state index is -1.72. The summed E-state index contributed by atoms with van der Waals surface area (Å²) in [4.78, 5) is 31.6. The maximum atomic E-state index is 15.4. The lowest BCUT2D eigenvalue weighted by atomic mass is 9.83. The topological polar surface area (TPSA) is 112 Å². The molecule has 0 bridgehead atoms. The molecule has 196 valence electrons. The van der Waals surface area contributed by atoms with E-state index >= 15 is 4.39 Å². The Morgan fingerprint density at radius 2 is 1.86 bits per heavy atom. The summed E-state index contributed by atoms with van der Waals surface area (Å²) >= 11 is 18.8. The number of nitrogens with two attached hydrogens (primary N) is 1.